The Kier molecular flexibility index (Phi) is 7.45. The van der Waals surface area contributed by atoms with E-state index >= 15 is 0 Å². The monoisotopic (exact) mass is 471 g/mol. The maximum Gasteiger partial charge on any atom is 0.253 e. The molecule has 0 radical (unpaired) electrons. The molecule has 0 saturated carbocycles. The molecule has 2 N–H and O–H groups in total. The average Bonchev–Trinajstić information content (AvgIpc) is 3.26. The smallest absolute Gasteiger partial charge is 0.253 e. The Balaban J connectivity index is 1.38. The summed E-state index contributed by atoms with van der Waals surface area (Å²) >= 11 is 0. The number of anilines is 2. The highest BCUT2D eigenvalue weighted by Crippen LogP contribution is 2.27. The summed E-state index contributed by atoms with van der Waals surface area (Å²) in [5.74, 6) is -0.376. The number of hydrogen-bond acceptors (Lipinski definition) is 4. The molecule has 0 aromatic heterocycles. The minimum Gasteiger partial charge on any atom is -0.494 e. The van der Waals surface area contributed by atoms with Gasteiger partial charge in [-0.05, 0) is 55.8 Å². The third-order valence-electron chi connectivity index (χ3n) is 5.96. The van der Waals surface area contributed by atoms with Crippen LogP contribution in [0.25, 0.3) is 0 Å². The van der Waals surface area contributed by atoms with Crippen LogP contribution in [0.2, 0.25) is 0 Å². The third kappa shape index (κ3) is 5.87. The first-order chi connectivity index (χ1) is 16.9. The van der Waals surface area contributed by atoms with E-state index in [0.717, 1.165) is 22.6 Å². The van der Waals surface area contributed by atoms with Crippen molar-refractivity contribution in [1.29, 1.82) is 0 Å². The topological polar surface area (TPSA) is 87.7 Å². The van der Waals surface area contributed by atoms with Crippen LogP contribution in [-0.4, -0.2) is 30.9 Å². The number of aryl methyl sites for hydroxylation is 1. The maximum atomic E-state index is 13.0. The molecule has 0 bridgehead atoms. The molecule has 4 rings (SSSR count). The normalized spacial score (nSPS) is 15.1. The van der Waals surface area contributed by atoms with Gasteiger partial charge in [-0.25, -0.2) is 0 Å². The zero-order chi connectivity index (χ0) is 24.8. The van der Waals surface area contributed by atoms with Crippen LogP contribution in [0.1, 0.15) is 34.8 Å². The van der Waals surface area contributed by atoms with Crippen molar-refractivity contribution in [3.8, 4) is 5.75 Å². The van der Waals surface area contributed by atoms with Gasteiger partial charge in [-0.3, -0.25) is 14.4 Å². The molecule has 7 heteroatoms. The highest BCUT2D eigenvalue weighted by Gasteiger charge is 2.35. The van der Waals surface area contributed by atoms with Crippen LogP contribution in [0.15, 0.2) is 72.8 Å². The molecule has 1 aliphatic heterocycles. The number of hydrogen-bond donors (Lipinski definition) is 2. The molecule has 3 aromatic rings. The van der Waals surface area contributed by atoms with E-state index in [4.69, 9.17) is 4.74 Å². The Bertz CT molecular complexity index is 1210. The molecule has 1 aliphatic rings. The lowest BCUT2D eigenvalue weighted by Crippen LogP contribution is -2.29. The first kappa shape index (κ1) is 24.0. The molecule has 180 valence electrons. The van der Waals surface area contributed by atoms with Crippen LogP contribution < -0.4 is 20.3 Å². The van der Waals surface area contributed by atoms with Crippen LogP contribution in [0.4, 0.5) is 11.4 Å². The third-order valence-corrected chi connectivity index (χ3v) is 5.96. The van der Waals surface area contributed by atoms with E-state index in [1.54, 1.807) is 29.2 Å². The van der Waals surface area contributed by atoms with Crippen molar-refractivity contribution >= 4 is 29.1 Å². The molecule has 1 heterocycles. The largest absolute Gasteiger partial charge is 0.494 e. The zero-order valence-electron chi connectivity index (χ0n) is 19.9. The minimum atomic E-state index is -0.497. The van der Waals surface area contributed by atoms with E-state index in [2.05, 4.69) is 10.6 Å². The van der Waals surface area contributed by atoms with Crippen LogP contribution in [0, 0.1) is 12.8 Å². The van der Waals surface area contributed by atoms with Crippen molar-refractivity contribution in [3.05, 3.63) is 89.5 Å². The van der Waals surface area contributed by atoms with E-state index in [1.807, 2.05) is 62.4 Å². The Hall–Kier alpha value is -4.13. The number of rotatable bonds is 8. The number of benzene rings is 3. The Morgan fingerprint density at radius 3 is 2.43 bits per heavy atom. The van der Waals surface area contributed by atoms with Crippen molar-refractivity contribution in [2.24, 2.45) is 5.92 Å². The number of nitrogens with one attached hydrogen (secondary N) is 2. The number of ether oxygens (including phenoxy) is 1. The fraction of sp³-hybridized carbons (Fsp3) is 0.250. The molecule has 7 nitrogen and oxygen atoms in total. The lowest BCUT2D eigenvalue weighted by atomic mass is 10.1. The summed E-state index contributed by atoms with van der Waals surface area (Å²) in [5.41, 5.74) is 3.61. The van der Waals surface area contributed by atoms with Gasteiger partial charge >= 0.3 is 0 Å². The molecule has 3 amide bonds. The lowest BCUT2D eigenvalue weighted by molar-refractivity contribution is -0.122. The SMILES string of the molecule is CCOc1ccc(CNC(=O)c2ccccc2NC(=O)[C@H]2CC(=O)N(c3ccc(C)cc3)C2)cc1. The zero-order valence-corrected chi connectivity index (χ0v) is 19.9. The van der Waals surface area contributed by atoms with Gasteiger partial charge < -0.3 is 20.3 Å². The summed E-state index contributed by atoms with van der Waals surface area (Å²) < 4.78 is 5.44. The quantitative estimate of drug-likeness (QED) is 0.512. The van der Waals surface area contributed by atoms with Gasteiger partial charge in [0.15, 0.2) is 0 Å². The number of amides is 3. The van der Waals surface area contributed by atoms with Crippen molar-refractivity contribution in [3.63, 3.8) is 0 Å². The molecule has 0 spiro atoms. The van der Waals surface area contributed by atoms with E-state index in [0.29, 0.717) is 30.9 Å². The first-order valence-corrected chi connectivity index (χ1v) is 11.7. The van der Waals surface area contributed by atoms with Crippen LogP contribution in [0.5, 0.6) is 5.75 Å². The second-order valence-electron chi connectivity index (χ2n) is 8.54. The van der Waals surface area contributed by atoms with Crippen molar-refractivity contribution in [2.75, 3.05) is 23.4 Å². The minimum absolute atomic E-state index is 0.0876. The molecular formula is C28H29N3O4. The van der Waals surface area contributed by atoms with Gasteiger partial charge in [0, 0.05) is 25.2 Å². The van der Waals surface area contributed by atoms with Gasteiger partial charge in [-0.1, -0.05) is 42.0 Å². The molecule has 0 unspecified atom stereocenters. The second kappa shape index (κ2) is 10.9. The van der Waals surface area contributed by atoms with E-state index in [1.165, 1.54) is 0 Å². The molecule has 3 aromatic carbocycles. The van der Waals surface area contributed by atoms with Gasteiger partial charge in [0.2, 0.25) is 11.8 Å². The second-order valence-corrected chi connectivity index (χ2v) is 8.54. The van der Waals surface area contributed by atoms with Gasteiger partial charge in [0.25, 0.3) is 5.91 Å². The fourth-order valence-corrected chi connectivity index (χ4v) is 4.03. The summed E-state index contributed by atoms with van der Waals surface area (Å²) in [7, 11) is 0. The van der Waals surface area contributed by atoms with Crippen molar-refractivity contribution < 1.29 is 19.1 Å². The number of carbonyl (C=O) groups excluding carboxylic acids is 3. The Labute approximate surface area is 205 Å². The fourth-order valence-electron chi connectivity index (χ4n) is 4.03. The molecule has 1 saturated heterocycles. The van der Waals surface area contributed by atoms with Crippen molar-refractivity contribution in [1.82, 2.24) is 5.32 Å². The predicted octanol–water partition coefficient (Wildman–Crippen LogP) is 4.32. The molecule has 1 fully saturated rings. The molecule has 35 heavy (non-hydrogen) atoms. The van der Waals surface area contributed by atoms with Gasteiger partial charge in [0.1, 0.15) is 5.75 Å². The average molecular weight is 472 g/mol. The summed E-state index contributed by atoms with van der Waals surface area (Å²) in [6.45, 7) is 5.15. The van der Waals surface area contributed by atoms with E-state index < -0.39 is 5.92 Å². The van der Waals surface area contributed by atoms with Crippen LogP contribution >= 0.6 is 0 Å². The Morgan fingerprint density at radius 2 is 1.71 bits per heavy atom. The predicted molar refractivity (Wildman–Crippen MR) is 135 cm³/mol. The Morgan fingerprint density at radius 1 is 1.00 bits per heavy atom. The maximum absolute atomic E-state index is 13.0. The van der Waals surface area contributed by atoms with E-state index in [9.17, 15) is 14.4 Å². The summed E-state index contributed by atoms with van der Waals surface area (Å²) in [6, 6.07) is 22.1. The number of nitrogens with zero attached hydrogens (tertiary/aromatic N) is 1. The lowest BCUT2D eigenvalue weighted by Gasteiger charge is -2.17. The van der Waals surface area contributed by atoms with Gasteiger partial charge in [-0.2, -0.15) is 0 Å². The molecule has 1 atom stereocenters. The summed E-state index contributed by atoms with van der Waals surface area (Å²) in [6.07, 6.45) is 0.131. The van der Waals surface area contributed by atoms with Crippen molar-refractivity contribution in [2.45, 2.75) is 26.8 Å². The highest BCUT2D eigenvalue weighted by molar-refractivity contribution is 6.07. The van der Waals surface area contributed by atoms with Crippen LogP contribution in [-0.2, 0) is 16.1 Å². The standard InChI is InChI=1S/C28H29N3O4/c1-3-35-23-14-10-20(11-15-23)17-29-28(34)24-6-4-5-7-25(24)30-27(33)21-16-26(32)31(18-21)22-12-8-19(2)9-13-22/h4-15,21H,3,16-18H2,1-2H3,(H,29,34)(H,30,33)/t21-/m0/s1. The van der Waals surface area contributed by atoms with E-state index in [-0.39, 0.29) is 24.1 Å². The first-order valence-electron chi connectivity index (χ1n) is 11.7. The van der Waals surface area contributed by atoms with Gasteiger partial charge in [0.05, 0.1) is 23.8 Å². The number of para-hydroxylation sites is 1. The highest BCUT2D eigenvalue weighted by atomic mass is 16.5. The van der Waals surface area contributed by atoms with Gasteiger partial charge in [-0.15, -0.1) is 0 Å². The summed E-state index contributed by atoms with van der Waals surface area (Å²) in [5, 5.41) is 5.76. The summed E-state index contributed by atoms with van der Waals surface area (Å²) in [4.78, 5) is 40.1. The number of carbonyl (C=O) groups is 3. The molecular weight excluding hydrogens is 442 g/mol. The molecule has 0 aliphatic carbocycles. The van der Waals surface area contributed by atoms with Crippen LogP contribution in [0.3, 0.4) is 0 Å².